The molecule has 1 rings (SSSR count). The molecule has 4 nitrogen and oxygen atoms in total. The average molecular weight is 307 g/mol. The standard InChI is InChI=1S/C13H19F2NO3S/c1-2-3-8-16(9-10-17)11-6-4-5-7-12(11)20(18,19)13(14)15/h4-7,13,17H,2-3,8-10H2,1H3. The van der Waals surface area contributed by atoms with Crippen molar-refractivity contribution < 1.29 is 22.3 Å². The van der Waals surface area contributed by atoms with Gasteiger partial charge in [-0.3, -0.25) is 0 Å². The van der Waals surface area contributed by atoms with Crippen LogP contribution < -0.4 is 4.90 Å². The number of hydrogen-bond donors (Lipinski definition) is 1. The van der Waals surface area contributed by atoms with Crippen LogP contribution in [0.5, 0.6) is 0 Å². The third-order valence-electron chi connectivity index (χ3n) is 2.90. The summed E-state index contributed by atoms with van der Waals surface area (Å²) >= 11 is 0. The van der Waals surface area contributed by atoms with E-state index in [2.05, 4.69) is 0 Å². The van der Waals surface area contributed by atoms with Crippen LogP contribution in [0.25, 0.3) is 0 Å². The van der Waals surface area contributed by atoms with Gasteiger partial charge in [-0.25, -0.2) is 8.42 Å². The first-order valence-corrected chi connectivity index (χ1v) is 7.96. The molecule has 0 saturated carbocycles. The summed E-state index contributed by atoms with van der Waals surface area (Å²) in [4.78, 5) is 1.23. The van der Waals surface area contributed by atoms with Crippen molar-refractivity contribution >= 4 is 15.5 Å². The highest BCUT2D eigenvalue weighted by Crippen LogP contribution is 2.29. The number of benzene rings is 1. The molecule has 0 bridgehead atoms. The zero-order chi connectivity index (χ0) is 15.2. The maximum Gasteiger partial charge on any atom is 0.341 e. The van der Waals surface area contributed by atoms with Gasteiger partial charge in [0.05, 0.1) is 17.2 Å². The highest BCUT2D eigenvalue weighted by atomic mass is 32.2. The molecule has 0 radical (unpaired) electrons. The van der Waals surface area contributed by atoms with Crippen LogP contribution in [-0.4, -0.2) is 39.0 Å². The van der Waals surface area contributed by atoms with Gasteiger partial charge in [-0.15, -0.1) is 0 Å². The van der Waals surface area contributed by atoms with Crippen molar-refractivity contribution in [3.05, 3.63) is 24.3 Å². The number of unbranched alkanes of at least 4 members (excludes halogenated alkanes) is 1. The number of halogens is 2. The molecule has 0 aliphatic heterocycles. The maximum atomic E-state index is 12.7. The number of rotatable bonds is 8. The Bertz CT molecular complexity index is 520. The van der Waals surface area contributed by atoms with Crippen LogP contribution in [0.4, 0.5) is 14.5 Å². The average Bonchev–Trinajstić information content (AvgIpc) is 2.43. The third-order valence-corrected chi connectivity index (χ3v) is 4.33. The van der Waals surface area contributed by atoms with Crippen LogP contribution in [-0.2, 0) is 9.84 Å². The van der Waals surface area contributed by atoms with Crippen LogP contribution in [0, 0.1) is 0 Å². The van der Waals surface area contributed by atoms with E-state index in [9.17, 15) is 17.2 Å². The molecular formula is C13H19F2NO3S. The van der Waals surface area contributed by atoms with E-state index in [0.717, 1.165) is 12.8 Å². The summed E-state index contributed by atoms with van der Waals surface area (Å²) in [6, 6.07) is 5.67. The molecule has 0 aromatic heterocycles. The Hall–Kier alpha value is -1.21. The van der Waals surface area contributed by atoms with Crippen molar-refractivity contribution in [3.63, 3.8) is 0 Å². The molecule has 0 heterocycles. The predicted molar refractivity (Wildman–Crippen MR) is 73.8 cm³/mol. The van der Waals surface area contributed by atoms with Crippen molar-refractivity contribution in [1.82, 2.24) is 0 Å². The molecule has 0 amide bonds. The lowest BCUT2D eigenvalue weighted by molar-refractivity contribution is 0.234. The lowest BCUT2D eigenvalue weighted by Gasteiger charge is -2.26. The normalized spacial score (nSPS) is 11.8. The summed E-state index contributed by atoms with van der Waals surface area (Å²) in [7, 11) is -4.65. The first kappa shape index (κ1) is 16.8. The Kier molecular flexibility index (Phi) is 6.35. The summed E-state index contributed by atoms with van der Waals surface area (Å²) in [5, 5.41) is 9.06. The predicted octanol–water partition coefficient (Wildman–Crippen LogP) is 2.28. The summed E-state index contributed by atoms with van der Waals surface area (Å²) < 4.78 is 48.8. The number of aliphatic hydroxyl groups is 1. The molecule has 0 unspecified atom stereocenters. The number of aliphatic hydroxyl groups excluding tert-OH is 1. The molecule has 0 fully saturated rings. The van der Waals surface area contributed by atoms with Gasteiger partial charge in [-0.1, -0.05) is 25.5 Å². The van der Waals surface area contributed by atoms with Crippen LogP contribution in [0.15, 0.2) is 29.2 Å². The van der Waals surface area contributed by atoms with Gasteiger partial charge in [0, 0.05) is 13.1 Å². The van der Waals surface area contributed by atoms with E-state index < -0.39 is 15.6 Å². The minimum atomic E-state index is -4.65. The maximum absolute atomic E-state index is 12.7. The Morgan fingerprint density at radius 2 is 1.90 bits per heavy atom. The van der Waals surface area contributed by atoms with Crippen molar-refractivity contribution in [2.45, 2.75) is 30.4 Å². The van der Waals surface area contributed by atoms with Gasteiger partial charge in [0.2, 0.25) is 9.84 Å². The molecule has 1 aromatic carbocycles. The molecule has 0 atom stereocenters. The molecule has 0 aliphatic carbocycles. The molecule has 20 heavy (non-hydrogen) atoms. The van der Waals surface area contributed by atoms with Gasteiger partial charge in [-0.05, 0) is 18.6 Å². The molecular weight excluding hydrogens is 288 g/mol. The van der Waals surface area contributed by atoms with Crippen molar-refractivity contribution in [3.8, 4) is 0 Å². The van der Waals surface area contributed by atoms with Crippen LogP contribution in [0.3, 0.4) is 0 Å². The first-order chi connectivity index (χ1) is 9.45. The minimum Gasteiger partial charge on any atom is -0.395 e. The lowest BCUT2D eigenvalue weighted by Crippen LogP contribution is -2.29. The van der Waals surface area contributed by atoms with E-state index in [1.165, 1.54) is 18.2 Å². The topological polar surface area (TPSA) is 57.6 Å². The van der Waals surface area contributed by atoms with Gasteiger partial charge in [0.1, 0.15) is 0 Å². The Balaban J connectivity index is 3.22. The van der Waals surface area contributed by atoms with E-state index in [1.807, 2.05) is 6.92 Å². The monoisotopic (exact) mass is 307 g/mol. The van der Waals surface area contributed by atoms with Gasteiger partial charge >= 0.3 is 5.76 Å². The third kappa shape index (κ3) is 3.89. The van der Waals surface area contributed by atoms with Crippen LogP contribution in [0.1, 0.15) is 19.8 Å². The van der Waals surface area contributed by atoms with Gasteiger partial charge < -0.3 is 10.0 Å². The second kappa shape index (κ2) is 7.54. The Labute approximate surface area is 117 Å². The number of sulfone groups is 1. The number of hydrogen-bond acceptors (Lipinski definition) is 4. The van der Waals surface area contributed by atoms with E-state index in [1.54, 1.807) is 11.0 Å². The fourth-order valence-electron chi connectivity index (χ4n) is 1.88. The van der Waals surface area contributed by atoms with E-state index in [4.69, 9.17) is 5.11 Å². The smallest absolute Gasteiger partial charge is 0.341 e. The number of para-hydroxylation sites is 1. The highest BCUT2D eigenvalue weighted by molar-refractivity contribution is 7.91. The second-order valence-electron chi connectivity index (χ2n) is 4.34. The molecule has 1 N–H and O–H groups in total. The summed E-state index contributed by atoms with van der Waals surface area (Å²) in [5.41, 5.74) is 0.218. The molecule has 0 aliphatic rings. The van der Waals surface area contributed by atoms with Crippen molar-refractivity contribution in [1.29, 1.82) is 0 Å². The molecule has 7 heteroatoms. The SMILES string of the molecule is CCCCN(CCO)c1ccccc1S(=O)(=O)C(F)F. The van der Waals surface area contributed by atoms with Gasteiger partial charge in [0.25, 0.3) is 0 Å². The number of alkyl halides is 2. The van der Waals surface area contributed by atoms with Crippen LogP contribution in [0.2, 0.25) is 0 Å². The highest BCUT2D eigenvalue weighted by Gasteiger charge is 2.30. The number of anilines is 1. The molecule has 0 spiro atoms. The zero-order valence-corrected chi connectivity index (χ0v) is 12.1. The minimum absolute atomic E-state index is 0.174. The van der Waals surface area contributed by atoms with Crippen molar-refractivity contribution in [2.24, 2.45) is 0 Å². The summed E-state index contributed by atoms with van der Waals surface area (Å²) in [5.74, 6) is -3.45. The second-order valence-corrected chi connectivity index (χ2v) is 6.22. The van der Waals surface area contributed by atoms with Crippen molar-refractivity contribution in [2.75, 3.05) is 24.6 Å². The fraction of sp³-hybridized carbons (Fsp3) is 0.538. The number of nitrogens with zero attached hydrogens (tertiary/aromatic N) is 1. The molecule has 114 valence electrons. The van der Waals surface area contributed by atoms with Gasteiger partial charge in [-0.2, -0.15) is 8.78 Å². The zero-order valence-electron chi connectivity index (χ0n) is 11.3. The Morgan fingerprint density at radius 3 is 2.45 bits per heavy atom. The first-order valence-electron chi connectivity index (χ1n) is 6.42. The lowest BCUT2D eigenvalue weighted by atomic mass is 10.2. The fourth-order valence-corrected chi connectivity index (χ4v) is 2.83. The van der Waals surface area contributed by atoms with E-state index in [-0.39, 0.29) is 23.7 Å². The largest absolute Gasteiger partial charge is 0.395 e. The van der Waals surface area contributed by atoms with E-state index >= 15 is 0 Å². The van der Waals surface area contributed by atoms with Crippen LogP contribution >= 0.6 is 0 Å². The van der Waals surface area contributed by atoms with E-state index in [0.29, 0.717) is 6.54 Å². The summed E-state index contributed by atoms with van der Waals surface area (Å²) in [6.07, 6.45) is 1.66. The molecule has 0 saturated heterocycles. The van der Waals surface area contributed by atoms with Gasteiger partial charge in [0.15, 0.2) is 0 Å². The molecule has 1 aromatic rings. The Morgan fingerprint density at radius 1 is 1.25 bits per heavy atom. The quantitative estimate of drug-likeness (QED) is 0.800. The summed E-state index contributed by atoms with van der Waals surface area (Å²) in [6.45, 7) is 2.51.